The number of aryl methyl sites for hydroxylation is 1. The summed E-state index contributed by atoms with van der Waals surface area (Å²) in [6.45, 7) is 1.15. The standard InChI is InChI=1S/C37H39N5O5/c1-45-27-19-20-30-31(21-27)40-35(39-30)32-23-47-28(22-38-32)18-17-24-11-9-10-16-29(24)41-36(43)34(42-37(44)46-2)33(25-12-5-3-6-13-25)26-14-7-4-8-15-26/h3-16,19-21,28,32-34,38H,17-18,22-23H2,1-2H3,(H,39,40)(H,41,43)(H,42,44)/t28-,32+,34?/m1/s1. The van der Waals surface area contributed by atoms with E-state index in [-0.39, 0.29) is 18.1 Å². The highest BCUT2D eigenvalue weighted by Crippen LogP contribution is 2.30. The van der Waals surface area contributed by atoms with Crippen molar-refractivity contribution < 1.29 is 23.8 Å². The fourth-order valence-corrected chi connectivity index (χ4v) is 6.06. The van der Waals surface area contributed by atoms with Crippen LogP contribution in [0.15, 0.2) is 103 Å². The van der Waals surface area contributed by atoms with Gasteiger partial charge in [0, 0.05) is 24.2 Å². The van der Waals surface area contributed by atoms with Gasteiger partial charge in [-0.05, 0) is 47.7 Å². The van der Waals surface area contributed by atoms with Crippen molar-refractivity contribution in [2.45, 2.75) is 36.9 Å². The Morgan fingerprint density at radius 2 is 1.64 bits per heavy atom. The molecule has 1 aliphatic heterocycles. The van der Waals surface area contributed by atoms with Gasteiger partial charge in [-0.15, -0.1) is 0 Å². The normalized spacial score (nSPS) is 16.8. The number of morpholine rings is 1. The van der Waals surface area contributed by atoms with Gasteiger partial charge in [0.2, 0.25) is 5.91 Å². The van der Waals surface area contributed by atoms with Crippen molar-refractivity contribution in [3.63, 3.8) is 0 Å². The van der Waals surface area contributed by atoms with E-state index in [1.54, 1.807) is 7.11 Å². The minimum absolute atomic E-state index is 0.00578. The molecule has 0 saturated carbocycles. The number of carbonyl (C=O) groups is 2. The molecule has 4 N–H and O–H groups in total. The first kappa shape index (κ1) is 31.8. The fraction of sp³-hybridized carbons (Fsp3) is 0.270. The molecule has 0 radical (unpaired) electrons. The second kappa shape index (κ2) is 14.9. The molecule has 1 aliphatic rings. The van der Waals surface area contributed by atoms with Crippen molar-refractivity contribution in [1.29, 1.82) is 0 Å². The number of anilines is 1. The number of nitrogens with one attached hydrogen (secondary N) is 4. The Labute approximate surface area is 273 Å². The molecule has 47 heavy (non-hydrogen) atoms. The average Bonchev–Trinajstić information content (AvgIpc) is 3.55. The third-order valence-electron chi connectivity index (χ3n) is 8.53. The Bertz CT molecular complexity index is 1750. The maximum atomic E-state index is 14.0. The van der Waals surface area contributed by atoms with E-state index in [4.69, 9.17) is 19.2 Å². The van der Waals surface area contributed by atoms with Gasteiger partial charge in [-0.3, -0.25) is 4.79 Å². The first-order valence-electron chi connectivity index (χ1n) is 15.7. The number of carbonyl (C=O) groups excluding carboxylic acids is 2. The zero-order valence-electron chi connectivity index (χ0n) is 26.4. The van der Waals surface area contributed by atoms with Gasteiger partial charge < -0.3 is 35.1 Å². The van der Waals surface area contributed by atoms with Crippen molar-refractivity contribution in [3.8, 4) is 5.75 Å². The van der Waals surface area contributed by atoms with Crippen molar-refractivity contribution in [3.05, 3.63) is 126 Å². The quantitative estimate of drug-likeness (QED) is 0.146. The van der Waals surface area contributed by atoms with Gasteiger partial charge in [-0.2, -0.15) is 0 Å². The second-order valence-corrected chi connectivity index (χ2v) is 11.5. The van der Waals surface area contributed by atoms with E-state index in [1.165, 1.54) is 7.11 Å². The van der Waals surface area contributed by atoms with Crippen molar-refractivity contribution in [2.75, 3.05) is 32.7 Å². The Morgan fingerprint density at radius 1 is 0.936 bits per heavy atom. The Kier molecular flexibility index (Phi) is 10.1. The fourth-order valence-electron chi connectivity index (χ4n) is 6.06. The van der Waals surface area contributed by atoms with Crippen LogP contribution in [0.3, 0.4) is 0 Å². The molecule has 2 heterocycles. The van der Waals surface area contributed by atoms with Crippen LogP contribution >= 0.6 is 0 Å². The lowest BCUT2D eigenvalue weighted by molar-refractivity contribution is -0.118. The number of methoxy groups -OCH3 is 2. The molecule has 1 fully saturated rings. The number of hydrogen-bond donors (Lipinski definition) is 4. The van der Waals surface area contributed by atoms with E-state index in [2.05, 4.69) is 20.9 Å². The molecule has 0 aliphatic carbocycles. The summed E-state index contributed by atoms with van der Waals surface area (Å²) in [5, 5.41) is 9.48. The van der Waals surface area contributed by atoms with Crippen LogP contribution in [0.5, 0.6) is 5.75 Å². The Balaban J connectivity index is 1.13. The molecule has 0 spiro atoms. The van der Waals surface area contributed by atoms with E-state index in [1.807, 2.05) is 103 Å². The van der Waals surface area contributed by atoms with Gasteiger partial charge in [0.25, 0.3) is 0 Å². The molecule has 1 aromatic heterocycles. The minimum Gasteiger partial charge on any atom is -0.497 e. The Hall–Kier alpha value is -5.19. The van der Waals surface area contributed by atoms with Crippen LogP contribution in [0.25, 0.3) is 11.0 Å². The topological polar surface area (TPSA) is 127 Å². The van der Waals surface area contributed by atoms with Crippen LogP contribution in [-0.4, -0.2) is 61.5 Å². The highest BCUT2D eigenvalue weighted by Gasteiger charge is 2.33. The molecule has 6 rings (SSSR count). The molecule has 10 heteroatoms. The number of nitrogens with zero attached hydrogens (tertiary/aromatic N) is 1. The van der Waals surface area contributed by atoms with Gasteiger partial charge >= 0.3 is 6.09 Å². The predicted molar refractivity (Wildman–Crippen MR) is 181 cm³/mol. The number of aromatic amines is 1. The maximum absolute atomic E-state index is 14.0. The molecule has 1 saturated heterocycles. The lowest BCUT2D eigenvalue weighted by Gasteiger charge is -2.30. The first-order valence-corrected chi connectivity index (χ1v) is 15.7. The molecule has 10 nitrogen and oxygen atoms in total. The van der Waals surface area contributed by atoms with E-state index in [0.717, 1.165) is 45.7 Å². The highest BCUT2D eigenvalue weighted by atomic mass is 16.5. The summed E-state index contributed by atoms with van der Waals surface area (Å²) in [4.78, 5) is 34.7. The molecule has 4 aromatic carbocycles. The Morgan fingerprint density at radius 3 is 2.30 bits per heavy atom. The van der Waals surface area contributed by atoms with Gasteiger partial charge in [-0.1, -0.05) is 78.9 Å². The molecule has 5 aromatic rings. The molecule has 2 amide bonds. The number of fused-ring (bicyclic) bond motifs is 1. The van der Waals surface area contributed by atoms with Crippen LogP contribution in [0.1, 0.15) is 40.9 Å². The van der Waals surface area contributed by atoms with Gasteiger partial charge in [0.15, 0.2) is 0 Å². The number of imidazole rings is 1. The number of aromatic nitrogens is 2. The maximum Gasteiger partial charge on any atom is 0.407 e. The number of amides is 2. The van der Waals surface area contributed by atoms with E-state index < -0.39 is 18.1 Å². The lowest BCUT2D eigenvalue weighted by atomic mass is 9.84. The largest absolute Gasteiger partial charge is 0.497 e. The zero-order chi connectivity index (χ0) is 32.6. The summed E-state index contributed by atoms with van der Waals surface area (Å²) in [7, 11) is 2.94. The van der Waals surface area contributed by atoms with Crippen LogP contribution in [-0.2, 0) is 20.7 Å². The number of para-hydroxylation sites is 1. The minimum atomic E-state index is -0.942. The van der Waals surface area contributed by atoms with Crippen LogP contribution < -0.4 is 20.7 Å². The molecule has 0 bridgehead atoms. The van der Waals surface area contributed by atoms with Crippen LogP contribution in [0.4, 0.5) is 10.5 Å². The number of benzene rings is 4. The summed E-state index contributed by atoms with van der Waals surface area (Å²) >= 11 is 0. The second-order valence-electron chi connectivity index (χ2n) is 11.5. The van der Waals surface area contributed by atoms with E-state index in [9.17, 15) is 9.59 Å². The van der Waals surface area contributed by atoms with E-state index in [0.29, 0.717) is 25.3 Å². The summed E-state index contributed by atoms with van der Waals surface area (Å²) in [5.74, 6) is 0.813. The van der Waals surface area contributed by atoms with Crippen molar-refractivity contribution in [2.24, 2.45) is 0 Å². The SMILES string of the molecule is COC(=O)NC(C(=O)Nc1ccccc1CC[C@@H]1CN[C@H](c2nc3ccc(OC)cc3[nH]2)CO1)C(c1ccccc1)c1ccccc1. The van der Waals surface area contributed by atoms with Crippen LogP contribution in [0, 0.1) is 0 Å². The summed E-state index contributed by atoms with van der Waals surface area (Å²) in [6.07, 6.45) is 0.754. The number of ether oxygens (including phenoxy) is 3. The zero-order valence-corrected chi connectivity index (χ0v) is 26.4. The van der Waals surface area contributed by atoms with E-state index >= 15 is 0 Å². The number of hydrogen-bond acceptors (Lipinski definition) is 7. The summed E-state index contributed by atoms with van der Waals surface area (Å²) in [5.41, 5.74) is 5.26. The molecule has 1 unspecified atom stereocenters. The third kappa shape index (κ3) is 7.62. The average molecular weight is 634 g/mol. The summed E-state index contributed by atoms with van der Waals surface area (Å²) in [6, 6.07) is 31.9. The molecular weight excluding hydrogens is 594 g/mol. The predicted octanol–water partition coefficient (Wildman–Crippen LogP) is 5.73. The number of alkyl carbamates (subject to hydrolysis) is 1. The third-order valence-corrected chi connectivity index (χ3v) is 8.53. The molecule has 242 valence electrons. The van der Waals surface area contributed by atoms with Crippen molar-refractivity contribution >= 4 is 28.7 Å². The van der Waals surface area contributed by atoms with Gasteiger partial charge in [0.1, 0.15) is 17.6 Å². The number of rotatable bonds is 11. The monoisotopic (exact) mass is 633 g/mol. The smallest absolute Gasteiger partial charge is 0.407 e. The number of H-pyrrole nitrogens is 1. The molecule has 3 atom stereocenters. The summed E-state index contributed by atoms with van der Waals surface area (Å²) < 4.78 is 16.5. The van der Waals surface area contributed by atoms with Crippen LogP contribution in [0.2, 0.25) is 0 Å². The highest BCUT2D eigenvalue weighted by molar-refractivity contribution is 5.98. The van der Waals surface area contributed by atoms with Gasteiger partial charge in [0.05, 0.1) is 44.0 Å². The van der Waals surface area contributed by atoms with Crippen molar-refractivity contribution in [1.82, 2.24) is 20.6 Å². The first-order chi connectivity index (χ1) is 23.0. The van der Waals surface area contributed by atoms with Gasteiger partial charge in [-0.25, -0.2) is 9.78 Å². The molecular formula is C37H39N5O5. The lowest BCUT2D eigenvalue weighted by Crippen LogP contribution is -2.48.